The van der Waals surface area contributed by atoms with Crippen LogP contribution in [0.1, 0.15) is 24.3 Å². The van der Waals surface area contributed by atoms with Crippen LogP contribution in [-0.2, 0) is 0 Å². The highest BCUT2D eigenvalue weighted by molar-refractivity contribution is 6.31. The molecule has 13 heavy (non-hydrogen) atoms. The Bertz CT molecular complexity index is 302. The van der Waals surface area contributed by atoms with E-state index in [4.69, 9.17) is 11.6 Å². The van der Waals surface area contributed by atoms with Crippen LogP contribution in [0.4, 0.5) is 4.39 Å². The van der Waals surface area contributed by atoms with Gasteiger partial charge in [-0.05, 0) is 36.8 Å². The van der Waals surface area contributed by atoms with Gasteiger partial charge in [-0.15, -0.1) is 0 Å². The van der Waals surface area contributed by atoms with Crippen LogP contribution in [0.2, 0.25) is 5.02 Å². The molecule has 1 radical (unpaired) electrons. The summed E-state index contributed by atoms with van der Waals surface area (Å²) in [7, 11) is 0. The molecule has 69 valence electrons. The van der Waals surface area contributed by atoms with Crippen molar-refractivity contribution in [2.45, 2.75) is 18.8 Å². The average molecular weight is 198 g/mol. The minimum atomic E-state index is -0.173. The van der Waals surface area contributed by atoms with Crippen molar-refractivity contribution < 1.29 is 4.39 Å². The standard InChI is InChI=1S/C11H11ClF/c1-2-7-6-8(7)11-9(12)4-3-5-10(11)13/h3-5,7-8H,1-2,6H2. The Labute approximate surface area is 82.7 Å². The van der Waals surface area contributed by atoms with E-state index in [1.807, 2.05) is 0 Å². The van der Waals surface area contributed by atoms with Gasteiger partial charge in [0.25, 0.3) is 0 Å². The molecule has 1 aliphatic carbocycles. The smallest absolute Gasteiger partial charge is 0.128 e. The van der Waals surface area contributed by atoms with Crippen molar-refractivity contribution in [3.8, 4) is 0 Å². The highest BCUT2D eigenvalue weighted by Gasteiger charge is 2.39. The minimum absolute atomic E-state index is 0.173. The van der Waals surface area contributed by atoms with Gasteiger partial charge in [0.1, 0.15) is 5.82 Å². The van der Waals surface area contributed by atoms with E-state index in [0.717, 1.165) is 12.8 Å². The van der Waals surface area contributed by atoms with Gasteiger partial charge < -0.3 is 0 Å². The van der Waals surface area contributed by atoms with Crippen LogP contribution < -0.4 is 0 Å². The summed E-state index contributed by atoms with van der Waals surface area (Å²) in [4.78, 5) is 0. The van der Waals surface area contributed by atoms with Gasteiger partial charge in [0.2, 0.25) is 0 Å². The predicted molar refractivity (Wildman–Crippen MR) is 52.2 cm³/mol. The maximum absolute atomic E-state index is 13.3. The maximum Gasteiger partial charge on any atom is 0.128 e. The van der Waals surface area contributed by atoms with E-state index < -0.39 is 0 Å². The summed E-state index contributed by atoms with van der Waals surface area (Å²) < 4.78 is 13.3. The van der Waals surface area contributed by atoms with Crippen molar-refractivity contribution in [3.63, 3.8) is 0 Å². The van der Waals surface area contributed by atoms with Gasteiger partial charge >= 0.3 is 0 Å². The van der Waals surface area contributed by atoms with Gasteiger partial charge in [0.15, 0.2) is 0 Å². The molecule has 2 heteroatoms. The molecule has 0 spiro atoms. The summed E-state index contributed by atoms with van der Waals surface area (Å²) in [6.45, 7) is 3.82. The van der Waals surface area contributed by atoms with Crippen LogP contribution >= 0.6 is 11.6 Å². The molecule has 0 aromatic heterocycles. The quantitative estimate of drug-likeness (QED) is 0.677. The Morgan fingerprint density at radius 3 is 2.85 bits per heavy atom. The molecule has 0 saturated heterocycles. The highest BCUT2D eigenvalue weighted by atomic mass is 35.5. The van der Waals surface area contributed by atoms with Gasteiger partial charge in [-0.3, -0.25) is 0 Å². The summed E-state index contributed by atoms with van der Waals surface area (Å²) in [6, 6.07) is 4.86. The molecule has 0 amide bonds. The highest BCUT2D eigenvalue weighted by Crippen LogP contribution is 2.51. The van der Waals surface area contributed by atoms with Crippen molar-refractivity contribution in [3.05, 3.63) is 41.5 Å². The minimum Gasteiger partial charge on any atom is -0.207 e. The molecule has 1 aromatic rings. The molecule has 0 bridgehead atoms. The molecule has 0 heterocycles. The van der Waals surface area contributed by atoms with Crippen molar-refractivity contribution in [1.29, 1.82) is 0 Å². The molecule has 0 N–H and O–H groups in total. The molecule has 1 saturated carbocycles. The third-order valence-corrected chi connectivity index (χ3v) is 2.99. The van der Waals surface area contributed by atoms with Crippen LogP contribution in [0.5, 0.6) is 0 Å². The lowest BCUT2D eigenvalue weighted by atomic mass is 10.1. The zero-order chi connectivity index (χ0) is 9.42. The average Bonchev–Trinajstić information content (AvgIpc) is 2.83. The molecule has 0 aliphatic heterocycles. The van der Waals surface area contributed by atoms with E-state index in [0.29, 0.717) is 22.4 Å². The van der Waals surface area contributed by atoms with Crippen molar-refractivity contribution >= 4 is 11.6 Å². The Balaban J connectivity index is 2.30. The van der Waals surface area contributed by atoms with Gasteiger partial charge in [-0.2, -0.15) is 0 Å². The zero-order valence-corrected chi connectivity index (χ0v) is 8.02. The van der Waals surface area contributed by atoms with Crippen molar-refractivity contribution in [2.75, 3.05) is 0 Å². The second-order valence-corrected chi connectivity index (χ2v) is 3.93. The second-order valence-electron chi connectivity index (χ2n) is 3.53. The first-order valence-electron chi connectivity index (χ1n) is 4.47. The summed E-state index contributed by atoms with van der Waals surface area (Å²) in [5, 5.41) is 0.556. The normalized spacial score (nSPS) is 26.1. The fourth-order valence-electron chi connectivity index (χ4n) is 1.79. The first kappa shape index (κ1) is 9.01. The lowest BCUT2D eigenvalue weighted by Gasteiger charge is -2.03. The largest absolute Gasteiger partial charge is 0.207 e. The Hall–Kier alpha value is -0.560. The Morgan fingerprint density at radius 1 is 1.54 bits per heavy atom. The van der Waals surface area contributed by atoms with Gasteiger partial charge in [-0.25, -0.2) is 4.39 Å². The van der Waals surface area contributed by atoms with E-state index in [2.05, 4.69) is 6.92 Å². The first-order chi connectivity index (χ1) is 6.24. The summed E-state index contributed by atoms with van der Waals surface area (Å²) in [6.07, 6.45) is 1.90. The lowest BCUT2D eigenvalue weighted by Crippen LogP contribution is -1.90. The number of benzene rings is 1. The lowest BCUT2D eigenvalue weighted by molar-refractivity contribution is 0.606. The fourth-order valence-corrected chi connectivity index (χ4v) is 2.09. The van der Waals surface area contributed by atoms with Crippen LogP contribution in [0.15, 0.2) is 18.2 Å². The van der Waals surface area contributed by atoms with Gasteiger partial charge in [0, 0.05) is 10.6 Å². The van der Waals surface area contributed by atoms with Crippen molar-refractivity contribution in [1.82, 2.24) is 0 Å². The zero-order valence-electron chi connectivity index (χ0n) is 7.26. The van der Waals surface area contributed by atoms with Gasteiger partial charge in [0.05, 0.1) is 0 Å². The van der Waals surface area contributed by atoms with E-state index in [-0.39, 0.29) is 5.82 Å². The predicted octanol–water partition coefficient (Wildman–Crippen LogP) is 3.81. The van der Waals surface area contributed by atoms with Crippen LogP contribution in [0.25, 0.3) is 0 Å². The Kier molecular flexibility index (Phi) is 2.29. The fraction of sp³-hybridized carbons (Fsp3) is 0.364. The monoisotopic (exact) mass is 197 g/mol. The van der Waals surface area contributed by atoms with E-state index in [1.165, 1.54) is 6.07 Å². The summed E-state index contributed by atoms with van der Waals surface area (Å²) in [5.41, 5.74) is 0.692. The molecule has 0 nitrogen and oxygen atoms in total. The summed E-state index contributed by atoms with van der Waals surface area (Å²) >= 11 is 5.93. The van der Waals surface area contributed by atoms with Crippen LogP contribution in [0.3, 0.4) is 0 Å². The number of rotatable bonds is 2. The second kappa shape index (κ2) is 3.30. The molecule has 2 rings (SSSR count). The number of hydrogen-bond donors (Lipinski definition) is 0. The molecule has 2 unspecified atom stereocenters. The van der Waals surface area contributed by atoms with E-state index >= 15 is 0 Å². The molecular weight excluding hydrogens is 187 g/mol. The first-order valence-corrected chi connectivity index (χ1v) is 4.85. The summed E-state index contributed by atoms with van der Waals surface area (Å²) in [5.74, 6) is 0.675. The molecule has 2 atom stereocenters. The Morgan fingerprint density at radius 2 is 2.31 bits per heavy atom. The number of hydrogen-bond acceptors (Lipinski definition) is 0. The van der Waals surface area contributed by atoms with E-state index in [9.17, 15) is 4.39 Å². The third-order valence-electron chi connectivity index (χ3n) is 2.66. The van der Waals surface area contributed by atoms with Crippen LogP contribution in [-0.4, -0.2) is 0 Å². The van der Waals surface area contributed by atoms with E-state index in [1.54, 1.807) is 12.1 Å². The topological polar surface area (TPSA) is 0 Å². The molecular formula is C11H11ClF. The molecule has 1 aliphatic rings. The van der Waals surface area contributed by atoms with Crippen molar-refractivity contribution in [2.24, 2.45) is 5.92 Å². The third kappa shape index (κ3) is 1.58. The maximum atomic E-state index is 13.3. The molecule has 1 fully saturated rings. The SMILES string of the molecule is [CH2]CC1CC1c1c(F)cccc1Cl. The molecule has 1 aromatic carbocycles. The van der Waals surface area contributed by atoms with Crippen LogP contribution in [0, 0.1) is 18.7 Å². The van der Waals surface area contributed by atoms with Gasteiger partial charge in [-0.1, -0.05) is 24.6 Å². The number of halogens is 2.